The summed E-state index contributed by atoms with van der Waals surface area (Å²) in [4.78, 5) is 11.4. The van der Waals surface area contributed by atoms with Crippen LogP contribution in [-0.4, -0.2) is 31.8 Å². The molecule has 1 N–H and O–H groups in total. The van der Waals surface area contributed by atoms with E-state index in [9.17, 15) is 18.0 Å². The maximum Gasteiger partial charge on any atom is 0.471 e. The summed E-state index contributed by atoms with van der Waals surface area (Å²) in [5, 5.41) is 2.76. The molecular weight excluding hydrogens is 367 g/mol. The van der Waals surface area contributed by atoms with Crippen molar-refractivity contribution in [3.8, 4) is 0 Å². The number of carbonyl (C=O) groups excluding carboxylic acids is 1. The lowest BCUT2D eigenvalue weighted by Crippen LogP contribution is -2.49. The van der Waals surface area contributed by atoms with E-state index in [1.165, 1.54) is 0 Å². The Morgan fingerprint density at radius 1 is 1.23 bits per heavy atom. The van der Waals surface area contributed by atoms with Crippen LogP contribution in [0.4, 0.5) is 13.2 Å². The summed E-state index contributed by atoms with van der Waals surface area (Å²) in [6, 6.07) is 4.81. The Kier molecular flexibility index (Phi) is 8.41. The molecule has 0 saturated heterocycles. The fourth-order valence-electron chi connectivity index (χ4n) is 2.56. The first-order chi connectivity index (χ1) is 11.9. The largest absolute Gasteiger partial charge is 0.471 e. The van der Waals surface area contributed by atoms with E-state index in [0.717, 1.165) is 30.4 Å². The summed E-state index contributed by atoms with van der Waals surface area (Å²) in [7, 11) is 1.65. The highest BCUT2D eigenvalue weighted by Gasteiger charge is 2.41. The van der Waals surface area contributed by atoms with Crippen LogP contribution in [0.5, 0.6) is 0 Å². The van der Waals surface area contributed by atoms with E-state index in [1.807, 2.05) is 6.07 Å². The minimum Gasteiger partial charge on any atom is -0.385 e. The van der Waals surface area contributed by atoms with E-state index < -0.39 is 23.5 Å². The highest BCUT2D eigenvalue weighted by molar-refractivity contribution is 6.31. The van der Waals surface area contributed by atoms with Gasteiger partial charge in [0.1, 0.15) is 0 Å². The van der Waals surface area contributed by atoms with Crippen molar-refractivity contribution in [2.75, 3.05) is 13.7 Å². The number of rotatable bonds is 8. The molecule has 0 aromatic heterocycles. The number of nitrogens with one attached hydrogen (secondary N) is 1. The smallest absolute Gasteiger partial charge is 0.385 e. The number of ether oxygens (including phenoxy) is 1. The van der Waals surface area contributed by atoms with Crippen molar-refractivity contribution in [3.05, 3.63) is 34.3 Å². The SMILES string of the molecule is COCCCCc1cc(CC(NC(=O)C(F)(F)F)C(C)(C)C)ccc1Cl. The van der Waals surface area contributed by atoms with Crippen molar-refractivity contribution in [2.24, 2.45) is 5.41 Å². The van der Waals surface area contributed by atoms with Gasteiger partial charge in [0.15, 0.2) is 0 Å². The van der Waals surface area contributed by atoms with Crippen LogP contribution in [0.25, 0.3) is 0 Å². The molecule has 1 aromatic rings. The Hall–Kier alpha value is -1.27. The first-order valence-corrected chi connectivity index (χ1v) is 8.97. The number of alkyl halides is 3. The van der Waals surface area contributed by atoms with Crippen LogP contribution < -0.4 is 5.32 Å². The number of hydrogen-bond donors (Lipinski definition) is 1. The van der Waals surface area contributed by atoms with Gasteiger partial charge in [0.25, 0.3) is 0 Å². The molecule has 3 nitrogen and oxygen atoms in total. The average molecular weight is 394 g/mol. The Morgan fingerprint density at radius 2 is 1.88 bits per heavy atom. The third-order valence-electron chi connectivity index (χ3n) is 4.20. The second kappa shape index (κ2) is 9.60. The number of aryl methyl sites for hydroxylation is 1. The molecule has 1 aromatic carbocycles. The lowest BCUT2D eigenvalue weighted by Gasteiger charge is -2.32. The zero-order chi connectivity index (χ0) is 20.0. The molecule has 1 rings (SSSR count). The van der Waals surface area contributed by atoms with Gasteiger partial charge < -0.3 is 10.1 Å². The molecule has 0 heterocycles. The summed E-state index contributed by atoms with van der Waals surface area (Å²) in [6.45, 7) is 6.08. The summed E-state index contributed by atoms with van der Waals surface area (Å²) in [6.07, 6.45) is -2.01. The summed E-state index contributed by atoms with van der Waals surface area (Å²) >= 11 is 6.23. The topological polar surface area (TPSA) is 38.3 Å². The molecule has 26 heavy (non-hydrogen) atoms. The van der Waals surface area contributed by atoms with Crippen LogP contribution in [0.1, 0.15) is 44.7 Å². The van der Waals surface area contributed by atoms with Gasteiger partial charge in [0.2, 0.25) is 0 Å². The normalized spacial score (nSPS) is 13.5. The minimum atomic E-state index is -4.89. The molecule has 0 aliphatic rings. The van der Waals surface area contributed by atoms with Crippen molar-refractivity contribution >= 4 is 17.5 Å². The predicted octanol–water partition coefficient (Wildman–Crippen LogP) is 4.94. The van der Waals surface area contributed by atoms with Crippen molar-refractivity contribution in [3.63, 3.8) is 0 Å². The standard InChI is InChI=1S/C19H27ClF3NO2/c1-18(2,3)16(24-17(25)19(21,22)23)12-13-8-9-15(20)14(11-13)7-5-6-10-26-4/h8-9,11,16H,5-7,10,12H2,1-4H3,(H,24,25). The number of amides is 1. The highest BCUT2D eigenvalue weighted by Crippen LogP contribution is 2.27. The van der Waals surface area contributed by atoms with Gasteiger partial charge in [-0.2, -0.15) is 13.2 Å². The predicted molar refractivity (Wildman–Crippen MR) is 97.4 cm³/mol. The van der Waals surface area contributed by atoms with Crippen molar-refractivity contribution in [1.82, 2.24) is 5.32 Å². The number of hydrogen-bond acceptors (Lipinski definition) is 2. The molecule has 0 fully saturated rings. The number of benzene rings is 1. The number of methoxy groups -OCH3 is 1. The van der Waals surface area contributed by atoms with Crippen LogP contribution in [-0.2, 0) is 22.4 Å². The lowest BCUT2D eigenvalue weighted by atomic mass is 9.82. The number of unbranched alkanes of at least 4 members (excludes halogenated alkanes) is 1. The van der Waals surface area contributed by atoms with Crippen LogP contribution >= 0.6 is 11.6 Å². The molecule has 0 spiro atoms. The van der Waals surface area contributed by atoms with Gasteiger partial charge in [0, 0.05) is 24.8 Å². The van der Waals surface area contributed by atoms with Gasteiger partial charge in [-0.15, -0.1) is 0 Å². The lowest BCUT2D eigenvalue weighted by molar-refractivity contribution is -0.175. The van der Waals surface area contributed by atoms with Crippen molar-refractivity contribution in [2.45, 2.75) is 58.7 Å². The summed E-state index contributed by atoms with van der Waals surface area (Å²) in [5.41, 5.74) is 1.27. The molecule has 0 saturated carbocycles. The maximum atomic E-state index is 12.6. The zero-order valence-corrected chi connectivity index (χ0v) is 16.4. The van der Waals surface area contributed by atoms with E-state index in [0.29, 0.717) is 18.1 Å². The zero-order valence-electron chi connectivity index (χ0n) is 15.7. The molecular formula is C19H27ClF3NO2. The van der Waals surface area contributed by atoms with E-state index in [2.05, 4.69) is 5.32 Å². The van der Waals surface area contributed by atoms with Crippen LogP contribution in [0.3, 0.4) is 0 Å². The van der Waals surface area contributed by atoms with E-state index in [4.69, 9.17) is 16.3 Å². The number of carbonyl (C=O) groups is 1. The second-order valence-electron chi connectivity index (χ2n) is 7.47. The Labute approximate surface area is 158 Å². The molecule has 148 valence electrons. The molecule has 0 aliphatic heterocycles. The molecule has 1 amide bonds. The molecule has 0 radical (unpaired) electrons. The van der Waals surface area contributed by atoms with Crippen LogP contribution in [0, 0.1) is 5.41 Å². The number of halogens is 4. The van der Waals surface area contributed by atoms with Crippen LogP contribution in [0.15, 0.2) is 18.2 Å². The van der Waals surface area contributed by atoms with Gasteiger partial charge in [-0.1, -0.05) is 44.5 Å². The third-order valence-corrected chi connectivity index (χ3v) is 4.57. The fourth-order valence-corrected chi connectivity index (χ4v) is 2.77. The first-order valence-electron chi connectivity index (χ1n) is 8.59. The van der Waals surface area contributed by atoms with Gasteiger partial charge in [-0.25, -0.2) is 0 Å². The maximum absolute atomic E-state index is 12.6. The Balaban J connectivity index is 2.89. The summed E-state index contributed by atoms with van der Waals surface area (Å²) < 4.78 is 42.9. The van der Waals surface area contributed by atoms with Crippen LogP contribution in [0.2, 0.25) is 5.02 Å². The molecule has 0 aliphatic carbocycles. The minimum absolute atomic E-state index is 0.299. The summed E-state index contributed by atoms with van der Waals surface area (Å²) in [5.74, 6) is -1.91. The van der Waals surface area contributed by atoms with E-state index in [1.54, 1.807) is 40.0 Å². The average Bonchev–Trinajstić information content (AvgIpc) is 2.51. The first kappa shape index (κ1) is 22.8. The second-order valence-corrected chi connectivity index (χ2v) is 7.88. The van der Waals surface area contributed by atoms with Gasteiger partial charge in [-0.3, -0.25) is 4.79 Å². The monoisotopic (exact) mass is 393 g/mol. The fraction of sp³-hybridized carbons (Fsp3) is 0.632. The highest BCUT2D eigenvalue weighted by atomic mass is 35.5. The molecule has 0 bridgehead atoms. The van der Waals surface area contributed by atoms with Crippen molar-refractivity contribution in [1.29, 1.82) is 0 Å². The van der Waals surface area contributed by atoms with Gasteiger partial charge >= 0.3 is 12.1 Å². The third kappa shape index (κ3) is 7.54. The van der Waals surface area contributed by atoms with E-state index in [-0.39, 0.29) is 0 Å². The van der Waals surface area contributed by atoms with Crippen molar-refractivity contribution < 1.29 is 22.7 Å². The Morgan fingerprint density at radius 3 is 2.42 bits per heavy atom. The quantitative estimate of drug-likeness (QED) is 0.635. The van der Waals surface area contributed by atoms with E-state index >= 15 is 0 Å². The molecule has 7 heteroatoms. The van der Waals surface area contributed by atoms with Gasteiger partial charge in [0.05, 0.1) is 0 Å². The molecule has 1 atom stereocenters. The van der Waals surface area contributed by atoms with Gasteiger partial charge in [-0.05, 0) is 48.3 Å². The Bertz CT molecular complexity index is 597. The molecule has 1 unspecified atom stereocenters.